The van der Waals surface area contributed by atoms with E-state index in [4.69, 9.17) is 9.47 Å². The normalized spacial score (nSPS) is 18.8. The number of amides is 1. The minimum Gasteiger partial charge on any atom is -0.497 e. The Morgan fingerprint density at radius 2 is 2.04 bits per heavy atom. The summed E-state index contributed by atoms with van der Waals surface area (Å²) in [4.78, 5) is 11.7. The molecule has 0 radical (unpaired) electrons. The maximum Gasteiger partial charge on any atom is 0.264 e. The molecule has 1 atom stereocenters. The highest BCUT2D eigenvalue weighted by Crippen LogP contribution is 2.38. The summed E-state index contributed by atoms with van der Waals surface area (Å²) in [6, 6.07) is 9.78. The number of anilines is 2. The van der Waals surface area contributed by atoms with Crippen LogP contribution in [0.15, 0.2) is 41.3 Å². The zero-order valence-electron chi connectivity index (χ0n) is 15.1. The third-order valence-corrected chi connectivity index (χ3v) is 6.82. The van der Waals surface area contributed by atoms with Gasteiger partial charge in [0, 0.05) is 6.04 Å². The second-order valence-corrected chi connectivity index (χ2v) is 8.49. The van der Waals surface area contributed by atoms with Crippen LogP contribution in [0.5, 0.6) is 11.5 Å². The Morgan fingerprint density at radius 3 is 2.81 bits per heavy atom. The predicted octanol–water partition coefficient (Wildman–Crippen LogP) is 2.56. The van der Waals surface area contributed by atoms with E-state index in [0.717, 1.165) is 12.0 Å². The Balaban J connectivity index is 1.78. The number of methoxy groups -OCH3 is 1. The lowest BCUT2D eigenvalue weighted by Gasteiger charge is -2.36. The van der Waals surface area contributed by atoms with Crippen LogP contribution in [0.2, 0.25) is 0 Å². The van der Waals surface area contributed by atoms with E-state index >= 15 is 0 Å². The number of sulfonamides is 1. The fraction of sp³-hybridized carbons (Fsp3) is 0.316. The van der Waals surface area contributed by atoms with Crippen LogP contribution in [0.1, 0.15) is 18.9 Å². The molecule has 2 heterocycles. The number of aryl methyl sites for hydroxylation is 1. The number of nitrogens with zero attached hydrogens (tertiary/aromatic N) is 1. The molecule has 1 N–H and O–H groups in total. The Morgan fingerprint density at radius 1 is 1.22 bits per heavy atom. The van der Waals surface area contributed by atoms with Gasteiger partial charge in [0.1, 0.15) is 11.5 Å². The molecule has 1 amide bonds. The van der Waals surface area contributed by atoms with Crippen LogP contribution in [0.3, 0.4) is 0 Å². The largest absolute Gasteiger partial charge is 0.497 e. The van der Waals surface area contributed by atoms with Crippen molar-refractivity contribution in [3.63, 3.8) is 0 Å². The Kier molecular flexibility index (Phi) is 4.22. The van der Waals surface area contributed by atoms with Gasteiger partial charge in [-0.25, -0.2) is 8.42 Å². The van der Waals surface area contributed by atoms with Crippen molar-refractivity contribution >= 4 is 27.3 Å². The first-order valence-corrected chi connectivity index (χ1v) is 10.1. The summed E-state index contributed by atoms with van der Waals surface area (Å²) in [5.41, 5.74) is 1.96. The molecule has 2 aromatic rings. The van der Waals surface area contributed by atoms with Crippen molar-refractivity contribution in [3.05, 3.63) is 42.0 Å². The van der Waals surface area contributed by atoms with Crippen LogP contribution in [0.25, 0.3) is 0 Å². The lowest BCUT2D eigenvalue weighted by molar-refractivity contribution is -0.118. The molecule has 27 heavy (non-hydrogen) atoms. The van der Waals surface area contributed by atoms with Gasteiger partial charge in [0.15, 0.2) is 6.61 Å². The number of nitrogens with one attached hydrogen (secondary N) is 1. The van der Waals surface area contributed by atoms with Gasteiger partial charge in [-0.05, 0) is 61.7 Å². The molecule has 142 valence electrons. The van der Waals surface area contributed by atoms with Crippen molar-refractivity contribution < 1.29 is 22.7 Å². The molecule has 0 bridgehead atoms. The number of rotatable bonds is 3. The Labute approximate surface area is 157 Å². The molecule has 2 aromatic carbocycles. The summed E-state index contributed by atoms with van der Waals surface area (Å²) in [5, 5.41) is 2.66. The van der Waals surface area contributed by atoms with Crippen LogP contribution in [0.4, 0.5) is 11.4 Å². The molecule has 0 saturated carbocycles. The van der Waals surface area contributed by atoms with Gasteiger partial charge in [-0.15, -0.1) is 0 Å². The number of fused-ring (bicyclic) bond motifs is 2. The number of ether oxygens (including phenoxy) is 2. The lowest BCUT2D eigenvalue weighted by atomic mass is 9.99. The predicted molar refractivity (Wildman–Crippen MR) is 101 cm³/mol. The highest BCUT2D eigenvalue weighted by molar-refractivity contribution is 7.92. The Bertz CT molecular complexity index is 1020. The van der Waals surface area contributed by atoms with E-state index in [9.17, 15) is 13.2 Å². The SMILES string of the molecule is COc1ccc2c(c1)CCC(C)N2S(=O)(=O)c1ccc2c(c1)NC(=O)CO2. The van der Waals surface area contributed by atoms with Gasteiger partial charge < -0.3 is 14.8 Å². The topological polar surface area (TPSA) is 84.9 Å². The van der Waals surface area contributed by atoms with E-state index < -0.39 is 10.0 Å². The molecule has 2 aliphatic rings. The summed E-state index contributed by atoms with van der Waals surface area (Å²) in [6.07, 6.45) is 1.50. The molecule has 0 aliphatic carbocycles. The van der Waals surface area contributed by atoms with E-state index in [1.807, 2.05) is 13.0 Å². The van der Waals surface area contributed by atoms with E-state index in [0.29, 0.717) is 29.3 Å². The molecular formula is C19H20N2O5S. The second kappa shape index (κ2) is 6.45. The number of carbonyl (C=O) groups is 1. The monoisotopic (exact) mass is 388 g/mol. The first-order valence-electron chi connectivity index (χ1n) is 8.68. The summed E-state index contributed by atoms with van der Waals surface area (Å²) >= 11 is 0. The molecular weight excluding hydrogens is 368 g/mol. The van der Waals surface area contributed by atoms with E-state index in [1.54, 1.807) is 25.3 Å². The van der Waals surface area contributed by atoms with Gasteiger partial charge in [0.05, 0.1) is 23.4 Å². The quantitative estimate of drug-likeness (QED) is 0.874. The minimum atomic E-state index is -3.81. The summed E-state index contributed by atoms with van der Waals surface area (Å²) in [5.74, 6) is 0.862. The molecule has 8 heteroatoms. The number of carbonyl (C=O) groups excluding carboxylic acids is 1. The van der Waals surface area contributed by atoms with E-state index in [1.165, 1.54) is 16.4 Å². The van der Waals surface area contributed by atoms with Crippen LogP contribution in [-0.2, 0) is 21.2 Å². The smallest absolute Gasteiger partial charge is 0.264 e. The molecule has 4 rings (SSSR count). The molecule has 1 unspecified atom stereocenters. The van der Waals surface area contributed by atoms with E-state index in [2.05, 4.69) is 5.32 Å². The minimum absolute atomic E-state index is 0.0720. The average molecular weight is 388 g/mol. The molecule has 7 nitrogen and oxygen atoms in total. The zero-order valence-corrected chi connectivity index (χ0v) is 15.9. The van der Waals surface area contributed by atoms with Crippen molar-refractivity contribution in [3.8, 4) is 11.5 Å². The molecule has 0 saturated heterocycles. The van der Waals surface area contributed by atoms with Gasteiger partial charge in [-0.2, -0.15) is 0 Å². The highest BCUT2D eigenvalue weighted by Gasteiger charge is 2.34. The second-order valence-electron chi connectivity index (χ2n) is 6.68. The molecule has 0 spiro atoms. The molecule has 0 aromatic heterocycles. The maximum atomic E-state index is 13.4. The summed E-state index contributed by atoms with van der Waals surface area (Å²) in [7, 11) is -2.22. The fourth-order valence-electron chi connectivity index (χ4n) is 3.53. The summed E-state index contributed by atoms with van der Waals surface area (Å²) in [6.45, 7) is 1.82. The zero-order chi connectivity index (χ0) is 19.2. The molecule has 2 aliphatic heterocycles. The standard InChI is InChI=1S/C19H20N2O5S/c1-12-3-4-13-9-14(25-2)5-7-17(13)21(12)27(23,24)15-6-8-18-16(10-15)20-19(22)11-26-18/h5-10,12H,3-4,11H2,1-2H3,(H,20,22). The third-order valence-electron chi connectivity index (χ3n) is 4.90. The highest BCUT2D eigenvalue weighted by atomic mass is 32.2. The first kappa shape index (κ1) is 17.7. The Hall–Kier alpha value is -2.74. The maximum absolute atomic E-state index is 13.4. The van der Waals surface area contributed by atoms with Gasteiger partial charge in [0.2, 0.25) is 0 Å². The van der Waals surface area contributed by atoms with Crippen LogP contribution in [0, 0.1) is 0 Å². The first-order chi connectivity index (χ1) is 12.9. The van der Waals surface area contributed by atoms with Crippen molar-refractivity contribution in [2.75, 3.05) is 23.3 Å². The van der Waals surface area contributed by atoms with Crippen LogP contribution >= 0.6 is 0 Å². The third kappa shape index (κ3) is 2.99. The number of hydrogen-bond acceptors (Lipinski definition) is 5. The number of benzene rings is 2. The van der Waals surface area contributed by atoms with Crippen molar-refractivity contribution in [1.82, 2.24) is 0 Å². The van der Waals surface area contributed by atoms with Gasteiger partial charge in [-0.3, -0.25) is 9.10 Å². The molecule has 0 fully saturated rings. The van der Waals surface area contributed by atoms with Crippen LogP contribution in [-0.4, -0.2) is 34.1 Å². The average Bonchev–Trinajstić information content (AvgIpc) is 2.66. The van der Waals surface area contributed by atoms with Gasteiger partial charge >= 0.3 is 0 Å². The summed E-state index contributed by atoms with van der Waals surface area (Å²) < 4.78 is 38.9. The lowest BCUT2D eigenvalue weighted by Crippen LogP contribution is -2.42. The van der Waals surface area contributed by atoms with Crippen molar-refractivity contribution in [2.45, 2.75) is 30.7 Å². The fourth-order valence-corrected chi connectivity index (χ4v) is 5.28. The number of hydrogen-bond donors (Lipinski definition) is 1. The van der Waals surface area contributed by atoms with E-state index in [-0.39, 0.29) is 23.5 Å². The van der Waals surface area contributed by atoms with Gasteiger partial charge in [-0.1, -0.05) is 0 Å². The van der Waals surface area contributed by atoms with Crippen molar-refractivity contribution in [2.24, 2.45) is 0 Å². The van der Waals surface area contributed by atoms with Gasteiger partial charge in [0.25, 0.3) is 15.9 Å². The van der Waals surface area contributed by atoms with Crippen LogP contribution < -0.4 is 19.1 Å². The van der Waals surface area contributed by atoms with Crippen molar-refractivity contribution in [1.29, 1.82) is 0 Å².